The van der Waals surface area contributed by atoms with Crippen LogP contribution in [0.5, 0.6) is 0 Å². The van der Waals surface area contributed by atoms with Gasteiger partial charge in [0.25, 0.3) is 5.56 Å². The minimum atomic E-state index is -4.39. The van der Waals surface area contributed by atoms with Crippen molar-refractivity contribution < 1.29 is 52.4 Å². The molecule has 1 heterocycles. The number of halogens is 4. The van der Waals surface area contributed by atoms with Crippen LogP contribution < -0.4 is 5.56 Å². The third-order valence-electron chi connectivity index (χ3n) is 9.46. The van der Waals surface area contributed by atoms with Gasteiger partial charge in [0.15, 0.2) is 12.2 Å². The molecule has 0 saturated carbocycles. The second-order valence-corrected chi connectivity index (χ2v) is 13.2. The molecule has 0 spiro atoms. The van der Waals surface area contributed by atoms with E-state index in [2.05, 4.69) is 23.7 Å². The number of aliphatic hydroxyl groups is 2. The summed E-state index contributed by atoms with van der Waals surface area (Å²) in [6, 6.07) is 18.5. The Bertz CT molecular complexity index is 2060. The van der Waals surface area contributed by atoms with Crippen molar-refractivity contribution in [2.45, 2.75) is 64.6 Å². The van der Waals surface area contributed by atoms with Crippen molar-refractivity contribution in [1.82, 2.24) is 19.4 Å². The number of carbonyl (C=O) groups excluding carboxylic acids is 1. The lowest BCUT2D eigenvalue weighted by Crippen LogP contribution is -2.40. The zero-order valence-electron chi connectivity index (χ0n) is 31.3. The summed E-state index contributed by atoms with van der Waals surface area (Å²) in [5.74, 6) is -3.64. The average Bonchev–Trinajstić information content (AvgIpc) is 3.69. The van der Waals surface area contributed by atoms with E-state index in [4.69, 9.17) is 20.4 Å². The first-order chi connectivity index (χ1) is 27.0. The highest BCUT2D eigenvalue weighted by atomic mass is 19.4. The fourth-order valence-corrected chi connectivity index (χ4v) is 6.15. The van der Waals surface area contributed by atoms with Crippen LogP contribution in [0.4, 0.5) is 17.6 Å². The molecule has 2 atom stereocenters. The summed E-state index contributed by atoms with van der Waals surface area (Å²) in [5, 5.41) is 32.5. The Kier molecular flexibility index (Phi) is 15.4. The molecule has 3 aromatic carbocycles. The third kappa shape index (κ3) is 12.1. The standard InChI is InChI=1S/C37H38F4N4O2.C4H6O6/c1-3-43(4-2)22-23-44(24-27-8-13-28(14-9-27)29-15-17-30(18-16-29)37(39,40)41)35(46)25-45-33-7-5-6-32(33)36(47)42-34(45)21-12-26-10-19-31(38)20-11-26;5-1(3(7)8)2(6)4(9)10/h8-21H,3-7,22-25H2,1-2H3;1-2,5-6H,(H,7,8)(H,9,10). The molecule has 4 N–H and O–H groups in total. The molecule has 16 heteroatoms. The van der Waals surface area contributed by atoms with E-state index in [0.717, 1.165) is 54.0 Å². The van der Waals surface area contributed by atoms with Crippen molar-refractivity contribution in [3.05, 3.63) is 123 Å². The minimum absolute atomic E-state index is 0.000587. The summed E-state index contributed by atoms with van der Waals surface area (Å²) in [4.78, 5) is 54.9. The number of nitrogens with zero attached hydrogens (tertiary/aromatic N) is 4. The first-order valence-corrected chi connectivity index (χ1v) is 18.2. The predicted octanol–water partition coefficient (Wildman–Crippen LogP) is 4.98. The number of carbonyl (C=O) groups is 3. The lowest BCUT2D eigenvalue weighted by molar-refractivity contribution is -0.165. The van der Waals surface area contributed by atoms with Gasteiger partial charge in [0.1, 0.15) is 18.2 Å². The number of hydrogen-bond donors (Lipinski definition) is 4. The third-order valence-corrected chi connectivity index (χ3v) is 9.46. The van der Waals surface area contributed by atoms with Crippen molar-refractivity contribution in [3.8, 4) is 11.1 Å². The number of benzene rings is 3. The first-order valence-electron chi connectivity index (χ1n) is 18.2. The highest BCUT2D eigenvalue weighted by molar-refractivity contribution is 5.83. The van der Waals surface area contributed by atoms with Gasteiger partial charge in [0.05, 0.1) is 5.56 Å². The number of amides is 1. The summed E-state index contributed by atoms with van der Waals surface area (Å²) in [5.41, 5.74) is 3.54. The Morgan fingerprint density at radius 3 is 1.91 bits per heavy atom. The van der Waals surface area contributed by atoms with Crippen LogP contribution in [0.15, 0.2) is 77.6 Å². The molecule has 2 unspecified atom stereocenters. The molecule has 1 aromatic heterocycles. The number of likely N-dealkylation sites (N-methyl/N-ethyl adjacent to an activating group) is 1. The van der Waals surface area contributed by atoms with Gasteiger partial charge in [-0.15, -0.1) is 0 Å². The molecule has 0 bridgehead atoms. The topological polar surface area (TPSA) is 174 Å². The van der Waals surface area contributed by atoms with E-state index in [1.54, 1.807) is 29.2 Å². The Morgan fingerprint density at radius 2 is 1.39 bits per heavy atom. The molecule has 12 nitrogen and oxygen atoms in total. The SMILES string of the molecule is CCN(CC)CCN(Cc1ccc(-c2ccc(C(F)(F)F)cc2)cc1)C(=O)Cn1c(C=Cc2ccc(F)cc2)nc(=O)c2c1CCC2.O=C(O)C(O)C(O)C(=O)O. The van der Waals surface area contributed by atoms with Crippen LogP contribution in [-0.2, 0) is 46.5 Å². The molecular weight excluding hydrogens is 752 g/mol. The number of aromatic nitrogens is 2. The van der Waals surface area contributed by atoms with E-state index in [9.17, 15) is 36.7 Å². The maximum absolute atomic E-state index is 14.1. The molecule has 4 aromatic rings. The summed E-state index contributed by atoms with van der Waals surface area (Å²) in [6.45, 7) is 7.34. The number of aliphatic hydroxyl groups excluding tert-OH is 2. The summed E-state index contributed by atoms with van der Waals surface area (Å²) in [7, 11) is 0. The quantitative estimate of drug-likeness (QED) is 0.120. The lowest BCUT2D eigenvalue weighted by Gasteiger charge is -2.28. The van der Waals surface area contributed by atoms with E-state index in [1.807, 2.05) is 28.8 Å². The van der Waals surface area contributed by atoms with E-state index in [0.29, 0.717) is 49.4 Å². The van der Waals surface area contributed by atoms with E-state index in [1.165, 1.54) is 24.3 Å². The number of carboxylic acids is 2. The van der Waals surface area contributed by atoms with Crippen LogP contribution >= 0.6 is 0 Å². The van der Waals surface area contributed by atoms with Gasteiger partial charge in [0, 0.05) is 30.9 Å². The molecule has 304 valence electrons. The highest BCUT2D eigenvalue weighted by Crippen LogP contribution is 2.31. The lowest BCUT2D eigenvalue weighted by atomic mass is 10.0. The number of aliphatic carboxylic acids is 2. The zero-order chi connectivity index (χ0) is 41.9. The molecule has 57 heavy (non-hydrogen) atoms. The maximum atomic E-state index is 14.1. The second-order valence-electron chi connectivity index (χ2n) is 13.2. The highest BCUT2D eigenvalue weighted by Gasteiger charge is 2.30. The zero-order valence-corrected chi connectivity index (χ0v) is 31.3. The largest absolute Gasteiger partial charge is 0.479 e. The van der Waals surface area contributed by atoms with Crippen molar-refractivity contribution in [2.24, 2.45) is 0 Å². The molecule has 5 rings (SSSR count). The molecule has 0 saturated heterocycles. The first kappa shape index (κ1) is 44.0. The molecule has 0 fully saturated rings. The molecule has 0 radical (unpaired) electrons. The van der Waals surface area contributed by atoms with Gasteiger partial charge in [-0.05, 0) is 84.9 Å². The van der Waals surface area contributed by atoms with Gasteiger partial charge in [-0.25, -0.2) is 14.0 Å². The van der Waals surface area contributed by atoms with Gasteiger partial charge in [0.2, 0.25) is 5.91 Å². The number of alkyl halides is 3. The van der Waals surface area contributed by atoms with Crippen LogP contribution in [0, 0.1) is 5.82 Å². The molecule has 1 amide bonds. The summed E-state index contributed by atoms with van der Waals surface area (Å²) in [6.07, 6.45) is -3.38. The van der Waals surface area contributed by atoms with Crippen molar-refractivity contribution in [3.63, 3.8) is 0 Å². The van der Waals surface area contributed by atoms with Crippen molar-refractivity contribution in [1.29, 1.82) is 0 Å². The van der Waals surface area contributed by atoms with Crippen LogP contribution in [0.2, 0.25) is 0 Å². The number of carboxylic acid groups (broad SMARTS) is 2. The van der Waals surface area contributed by atoms with Crippen molar-refractivity contribution in [2.75, 3.05) is 26.2 Å². The van der Waals surface area contributed by atoms with Gasteiger partial charge in [-0.2, -0.15) is 18.2 Å². The van der Waals surface area contributed by atoms with Crippen LogP contribution in [-0.4, -0.2) is 96.0 Å². The van der Waals surface area contributed by atoms with Crippen LogP contribution in [0.1, 0.15) is 54.0 Å². The maximum Gasteiger partial charge on any atom is 0.416 e. The Hall–Kier alpha value is -5.71. The number of fused-ring (bicyclic) bond motifs is 1. The normalized spacial score (nSPS) is 13.5. The molecule has 1 aliphatic carbocycles. The molecule has 0 aliphatic heterocycles. The smallest absolute Gasteiger partial charge is 0.416 e. The van der Waals surface area contributed by atoms with Crippen LogP contribution in [0.3, 0.4) is 0 Å². The predicted molar refractivity (Wildman–Crippen MR) is 203 cm³/mol. The van der Waals surface area contributed by atoms with Gasteiger partial charge < -0.3 is 34.8 Å². The van der Waals surface area contributed by atoms with Crippen LogP contribution in [0.25, 0.3) is 23.3 Å². The minimum Gasteiger partial charge on any atom is -0.479 e. The van der Waals surface area contributed by atoms with Crippen molar-refractivity contribution >= 4 is 30.0 Å². The number of rotatable bonds is 15. The Balaban J connectivity index is 0.000000635. The van der Waals surface area contributed by atoms with Gasteiger partial charge in [-0.1, -0.05) is 68.5 Å². The fraction of sp³-hybridized carbons (Fsp3) is 0.341. The van der Waals surface area contributed by atoms with E-state index < -0.39 is 35.9 Å². The fourth-order valence-electron chi connectivity index (χ4n) is 6.15. The van der Waals surface area contributed by atoms with E-state index >= 15 is 0 Å². The summed E-state index contributed by atoms with van der Waals surface area (Å²) < 4.78 is 54.3. The monoisotopic (exact) mass is 796 g/mol. The average molecular weight is 797 g/mol. The second kappa shape index (κ2) is 19.9. The Labute approximate surface area is 326 Å². The summed E-state index contributed by atoms with van der Waals surface area (Å²) >= 11 is 0. The number of hydrogen-bond acceptors (Lipinski definition) is 8. The molecular formula is C41H44F4N4O8. The molecule has 1 aliphatic rings. The van der Waals surface area contributed by atoms with Gasteiger partial charge in [-0.3, -0.25) is 9.59 Å². The van der Waals surface area contributed by atoms with Gasteiger partial charge >= 0.3 is 18.1 Å². The van der Waals surface area contributed by atoms with E-state index in [-0.39, 0.29) is 23.8 Å². The Morgan fingerprint density at radius 1 is 0.825 bits per heavy atom.